The van der Waals surface area contributed by atoms with Crippen LogP contribution in [-0.2, 0) is 0 Å². The Morgan fingerprint density at radius 2 is 2.03 bits per heavy atom. The number of rotatable bonds is 4. The molecule has 0 radical (unpaired) electrons. The lowest BCUT2D eigenvalue weighted by atomic mass is 9.91. The Bertz CT molecular complexity index is 1260. The number of hydrogen-bond acceptors (Lipinski definition) is 7. The van der Waals surface area contributed by atoms with Crippen LogP contribution in [0.15, 0.2) is 36.5 Å². The summed E-state index contributed by atoms with van der Waals surface area (Å²) in [6.45, 7) is 2.02. The molecule has 1 aliphatic carbocycles. The van der Waals surface area contributed by atoms with E-state index in [-0.39, 0.29) is 0 Å². The zero-order chi connectivity index (χ0) is 20.7. The first-order valence-corrected chi connectivity index (χ1v) is 11.0. The largest absolute Gasteiger partial charge is 0.381 e. The molecule has 0 saturated heterocycles. The van der Waals surface area contributed by atoms with E-state index in [2.05, 4.69) is 32.9 Å². The zero-order valence-corrected chi connectivity index (χ0v) is 17.5. The Labute approximate surface area is 178 Å². The summed E-state index contributed by atoms with van der Waals surface area (Å²) in [5.74, 6) is 0.810. The van der Waals surface area contributed by atoms with Gasteiger partial charge in [0.15, 0.2) is 0 Å². The van der Waals surface area contributed by atoms with E-state index in [1.54, 1.807) is 22.0 Å². The Morgan fingerprint density at radius 1 is 1.20 bits per heavy atom. The molecule has 8 heteroatoms. The number of nitrogens with zero attached hydrogens (tertiary/aromatic N) is 4. The van der Waals surface area contributed by atoms with Crippen molar-refractivity contribution in [2.24, 2.45) is 5.73 Å². The number of fused-ring (bicyclic) bond motifs is 2. The lowest BCUT2D eigenvalue weighted by molar-refractivity contribution is 0.411. The smallest absolute Gasteiger partial charge is 0.134 e. The molecule has 1 aliphatic rings. The van der Waals surface area contributed by atoms with Crippen molar-refractivity contribution in [2.45, 2.75) is 44.7 Å². The monoisotopic (exact) mass is 417 g/mol. The van der Waals surface area contributed by atoms with E-state index >= 15 is 0 Å². The molecule has 0 atom stereocenters. The van der Waals surface area contributed by atoms with Crippen LogP contribution in [0.3, 0.4) is 0 Å². The minimum Gasteiger partial charge on any atom is -0.381 e. The fourth-order valence-electron chi connectivity index (χ4n) is 4.16. The minimum absolute atomic E-state index is 0.290. The molecule has 0 aliphatic heterocycles. The quantitative estimate of drug-likeness (QED) is 0.450. The molecule has 4 aromatic rings. The second-order valence-corrected chi connectivity index (χ2v) is 9.09. The molecule has 1 aromatic carbocycles. The Balaban J connectivity index is 1.52. The van der Waals surface area contributed by atoms with Gasteiger partial charge < -0.3 is 16.4 Å². The molecule has 3 heterocycles. The van der Waals surface area contributed by atoms with Crippen LogP contribution in [-0.4, -0.2) is 26.7 Å². The highest BCUT2D eigenvalue weighted by Gasteiger charge is 2.21. The van der Waals surface area contributed by atoms with Gasteiger partial charge in [-0.05, 0) is 56.9 Å². The van der Waals surface area contributed by atoms with E-state index < -0.39 is 0 Å². The van der Waals surface area contributed by atoms with E-state index in [1.165, 1.54) is 0 Å². The van der Waals surface area contributed by atoms with Gasteiger partial charge in [-0.2, -0.15) is 10.4 Å². The Morgan fingerprint density at radius 3 is 2.83 bits per heavy atom. The van der Waals surface area contributed by atoms with Crippen molar-refractivity contribution < 1.29 is 0 Å². The number of nitrogens with one attached hydrogen (secondary N) is 2. The van der Waals surface area contributed by atoms with Gasteiger partial charge in [-0.15, -0.1) is 11.3 Å². The lowest BCUT2D eigenvalue weighted by Gasteiger charge is -2.28. The van der Waals surface area contributed by atoms with Gasteiger partial charge in [0.25, 0.3) is 0 Å². The summed E-state index contributed by atoms with van der Waals surface area (Å²) in [6.07, 6.45) is 5.77. The summed E-state index contributed by atoms with van der Waals surface area (Å²) in [5.41, 5.74) is 10.3. The van der Waals surface area contributed by atoms with E-state index in [0.29, 0.717) is 17.6 Å². The first kappa shape index (κ1) is 18.9. The van der Waals surface area contributed by atoms with Crippen LogP contribution < -0.4 is 16.4 Å². The number of pyridine rings is 1. The lowest BCUT2D eigenvalue weighted by Crippen LogP contribution is -2.33. The number of nitrogens with two attached hydrogens (primary N) is 1. The van der Waals surface area contributed by atoms with Gasteiger partial charge in [-0.25, -0.2) is 9.50 Å². The predicted molar refractivity (Wildman–Crippen MR) is 121 cm³/mol. The maximum absolute atomic E-state index is 9.83. The number of anilines is 3. The molecule has 4 N–H and O–H groups in total. The normalized spacial score (nSPS) is 19.1. The van der Waals surface area contributed by atoms with Crippen LogP contribution in [0.4, 0.5) is 17.2 Å². The number of aryl methyl sites for hydroxylation is 1. The summed E-state index contributed by atoms with van der Waals surface area (Å²) in [6, 6.07) is 13.0. The predicted octanol–water partition coefficient (Wildman–Crippen LogP) is 4.55. The van der Waals surface area contributed by atoms with Crippen molar-refractivity contribution in [3.05, 3.63) is 47.1 Å². The molecule has 1 saturated carbocycles. The van der Waals surface area contributed by atoms with E-state index in [1.807, 2.05) is 31.2 Å². The van der Waals surface area contributed by atoms with Gasteiger partial charge in [-0.1, -0.05) is 0 Å². The van der Waals surface area contributed by atoms with Gasteiger partial charge in [0.1, 0.15) is 17.5 Å². The van der Waals surface area contributed by atoms with E-state index in [9.17, 15) is 5.26 Å². The highest BCUT2D eigenvalue weighted by molar-refractivity contribution is 7.18. The van der Waals surface area contributed by atoms with Crippen molar-refractivity contribution in [1.82, 2.24) is 14.6 Å². The van der Waals surface area contributed by atoms with Crippen molar-refractivity contribution in [3.8, 4) is 6.07 Å². The molecule has 7 nitrogen and oxygen atoms in total. The summed E-state index contributed by atoms with van der Waals surface area (Å²) in [7, 11) is 0. The van der Waals surface area contributed by atoms with Gasteiger partial charge >= 0.3 is 0 Å². The molecular formula is C22H23N7S. The van der Waals surface area contributed by atoms with Crippen LogP contribution in [0.1, 0.15) is 36.3 Å². The van der Waals surface area contributed by atoms with Crippen molar-refractivity contribution in [1.29, 1.82) is 5.26 Å². The summed E-state index contributed by atoms with van der Waals surface area (Å²) < 4.78 is 2.92. The topological polar surface area (TPSA) is 104 Å². The molecule has 0 unspecified atom stereocenters. The fraction of sp³-hybridized carbons (Fsp3) is 0.318. The van der Waals surface area contributed by atoms with E-state index in [4.69, 9.17) is 5.73 Å². The first-order valence-electron chi connectivity index (χ1n) is 10.2. The third-order valence-electron chi connectivity index (χ3n) is 5.69. The number of nitriles is 1. The molecule has 0 spiro atoms. The van der Waals surface area contributed by atoms with Gasteiger partial charge in [0.2, 0.25) is 0 Å². The van der Waals surface area contributed by atoms with Gasteiger partial charge in [0.05, 0.1) is 32.6 Å². The number of benzene rings is 1. The van der Waals surface area contributed by atoms with Crippen LogP contribution in [0, 0.1) is 18.3 Å². The minimum atomic E-state index is 0.290. The maximum Gasteiger partial charge on any atom is 0.134 e. The molecule has 30 heavy (non-hydrogen) atoms. The van der Waals surface area contributed by atoms with Gasteiger partial charge in [-0.3, -0.25) is 0 Å². The van der Waals surface area contributed by atoms with Crippen LogP contribution in [0.5, 0.6) is 0 Å². The Hall–Kier alpha value is -3.15. The molecular weight excluding hydrogens is 394 g/mol. The number of aromatic nitrogens is 3. The summed E-state index contributed by atoms with van der Waals surface area (Å²) >= 11 is 1.68. The first-order chi connectivity index (χ1) is 14.6. The molecule has 1 fully saturated rings. The second kappa shape index (κ2) is 7.59. The SMILES string of the molecule is Cc1nc2ccc(Nc3cc(NC4CCC(N)CC4)c(C#N)c4ccnn34)cc2s1. The van der Waals surface area contributed by atoms with Crippen LogP contribution >= 0.6 is 11.3 Å². The summed E-state index contributed by atoms with van der Waals surface area (Å²) in [4.78, 5) is 4.53. The average molecular weight is 418 g/mol. The van der Waals surface area contributed by atoms with Crippen molar-refractivity contribution >= 4 is 44.3 Å². The molecule has 3 aromatic heterocycles. The van der Waals surface area contributed by atoms with Crippen molar-refractivity contribution in [2.75, 3.05) is 10.6 Å². The van der Waals surface area contributed by atoms with E-state index in [0.717, 1.165) is 63.6 Å². The zero-order valence-electron chi connectivity index (χ0n) is 16.7. The number of thiazole rings is 1. The molecule has 0 amide bonds. The highest BCUT2D eigenvalue weighted by atomic mass is 32.1. The fourth-order valence-corrected chi connectivity index (χ4v) is 5.03. The molecule has 5 rings (SSSR count). The third kappa shape index (κ3) is 3.47. The number of hydrogen-bond donors (Lipinski definition) is 3. The summed E-state index contributed by atoms with van der Waals surface area (Å²) in [5, 5.41) is 22.4. The van der Waals surface area contributed by atoms with Crippen molar-refractivity contribution in [3.63, 3.8) is 0 Å². The maximum atomic E-state index is 9.83. The standard InChI is InChI=1S/C22H23N7S/c1-13-26-18-7-6-16(10-21(18)30-13)28-22-11-19(27-15-4-2-14(24)3-5-15)17(12-23)20-8-9-25-29(20)22/h6-11,14-15,27-28H,2-5,24H2,1H3. The van der Waals surface area contributed by atoms with Crippen LogP contribution in [0.2, 0.25) is 0 Å². The molecule has 0 bridgehead atoms. The highest BCUT2D eigenvalue weighted by Crippen LogP contribution is 2.31. The third-order valence-corrected chi connectivity index (χ3v) is 6.62. The Kier molecular flexibility index (Phi) is 4.77. The second-order valence-electron chi connectivity index (χ2n) is 7.85. The average Bonchev–Trinajstić information content (AvgIpc) is 3.36. The van der Waals surface area contributed by atoms with Crippen LogP contribution in [0.25, 0.3) is 15.7 Å². The molecule has 152 valence electrons. The van der Waals surface area contributed by atoms with Gasteiger partial charge in [0, 0.05) is 23.8 Å².